The monoisotopic (exact) mass is 434 g/mol. The lowest BCUT2D eigenvalue weighted by atomic mass is 10.1. The number of ether oxygens (including phenoxy) is 1. The number of alkyl halides is 3. The van der Waals surface area contributed by atoms with Gasteiger partial charge in [0.25, 0.3) is 0 Å². The molecule has 2 aromatic carbocycles. The standard InChI is InChI=1S/C20H17F3N4O2S/c21-20(22,23)14-7-5-13(6-8-14)16-11-18(26-12-25-16)29-17-4-2-1-3-15(17)27-19(30)24-9-10-28/h1-8,11-12,28H,9-10H2,(H2,24,27,30). The first-order valence-electron chi connectivity index (χ1n) is 8.79. The van der Waals surface area contributed by atoms with E-state index in [4.69, 9.17) is 22.1 Å². The summed E-state index contributed by atoms with van der Waals surface area (Å²) < 4.78 is 44.1. The fourth-order valence-corrected chi connectivity index (χ4v) is 2.70. The minimum Gasteiger partial charge on any atom is -0.437 e. The third-order valence-electron chi connectivity index (χ3n) is 3.90. The fourth-order valence-electron chi connectivity index (χ4n) is 2.49. The summed E-state index contributed by atoms with van der Waals surface area (Å²) in [4.78, 5) is 8.17. The third kappa shape index (κ3) is 5.65. The number of rotatable bonds is 6. The van der Waals surface area contributed by atoms with E-state index in [0.717, 1.165) is 12.1 Å². The van der Waals surface area contributed by atoms with Crippen LogP contribution >= 0.6 is 12.2 Å². The minimum atomic E-state index is -4.40. The normalized spacial score (nSPS) is 11.1. The second-order valence-electron chi connectivity index (χ2n) is 6.02. The predicted molar refractivity (Wildman–Crippen MR) is 110 cm³/mol. The maximum Gasteiger partial charge on any atom is 0.416 e. The Kier molecular flexibility index (Phi) is 6.80. The summed E-state index contributed by atoms with van der Waals surface area (Å²) in [6, 6.07) is 13.2. The molecule has 3 rings (SSSR count). The number of nitrogens with one attached hydrogen (secondary N) is 2. The summed E-state index contributed by atoms with van der Waals surface area (Å²) >= 11 is 5.15. The Morgan fingerprint density at radius 3 is 2.50 bits per heavy atom. The van der Waals surface area contributed by atoms with Crippen LogP contribution in [0.2, 0.25) is 0 Å². The van der Waals surface area contributed by atoms with E-state index in [1.54, 1.807) is 24.3 Å². The van der Waals surface area contributed by atoms with E-state index < -0.39 is 11.7 Å². The molecule has 10 heteroatoms. The van der Waals surface area contributed by atoms with Gasteiger partial charge >= 0.3 is 6.18 Å². The van der Waals surface area contributed by atoms with E-state index >= 15 is 0 Å². The van der Waals surface area contributed by atoms with Crippen molar-refractivity contribution in [2.24, 2.45) is 0 Å². The van der Waals surface area contributed by atoms with E-state index in [0.29, 0.717) is 34.4 Å². The van der Waals surface area contributed by atoms with Crippen LogP contribution in [-0.2, 0) is 6.18 Å². The van der Waals surface area contributed by atoms with Crippen molar-refractivity contribution in [2.45, 2.75) is 6.18 Å². The molecule has 156 valence electrons. The van der Waals surface area contributed by atoms with Gasteiger partial charge < -0.3 is 20.5 Å². The molecular formula is C20H17F3N4O2S. The number of aromatic nitrogens is 2. The van der Waals surface area contributed by atoms with Crippen molar-refractivity contribution in [3.05, 3.63) is 66.5 Å². The van der Waals surface area contributed by atoms with Gasteiger partial charge in [-0.05, 0) is 36.5 Å². The van der Waals surface area contributed by atoms with Crippen molar-refractivity contribution in [3.63, 3.8) is 0 Å². The van der Waals surface area contributed by atoms with Crippen molar-refractivity contribution in [3.8, 4) is 22.9 Å². The number of aliphatic hydroxyl groups excluding tert-OH is 1. The molecule has 0 aliphatic heterocycles. The van der Waals surface area contributed by atoms with Crippen LogP contribution in [0.5, 0.6) is 11.6 Å². The first-order valence-corrected chi connectivity index (χ1v) is 9.20. The van der Waals surface area contributed by atoms with Crippen molar-refractivity contribution in [1.82, 2.24) is 15.3 Å². The molecule has 0 saturated carbocycles. The van der Waals surface area contributed by atoms with Crippen LogP contribution in [0.25, 0.3) is 11.3 Å². The first-order chi connectivity index (χ1) is 14.4. The molecule has 0 aliphatic carbocycles. The molecular weight excluding hydrogens is 417 g/mol. The highest BCUT2D eigenvalue weighted by Gasteiger charge is 2.30. The van der Waals surface area contributed by atoms with Crippen LogP contribution in [0.1, 0.15) is 5.56 Å². The van der Waals surface area contributed by atoms with Gasteiger partial charge in [0.05, 0.1) is 23.6 Å². The van der Waals surface area contributed by atoms with Gasteiger partial charge in [-0.25, -0.2) is 9.97 Å². The molecule has 1 heterocycles. The highest BCUT2D eigenvalue weighted by Crippen LogP contribution is 2.32. The lowest BCUT2D eigenvalue weighted by Gasteiger charge is -2.14. The topological polar surface area (TPSA) is 79.3 Å². The molecule has 1 aromatic heterocycles. The second-order valence-corrected chi connectivity index (χ2v) is 6.43. The van der Waals surface area contributed by atoms with E-state index in [-0.39, 0.29) is 12.5 Å². The zero-order valence-corrected chi connectivity index (χ0v) is 16.3. The smallest absolute Gasteiger partial charge is 0.416 e. The highest BCUT2D eigenvalue weighted by molar-refractivity contribution is 7.80. The Morgan fingerprint density at radius 1 is 1.07 bits per heavy atom. The van der Waals surface area contributed by atoms with E-state index in [1.165, 1.54) is 24.5 Å². The van der Waals surface area contributed by atoms with Crippen molar-refractivity contribution < 1.29 is 23.0 Å². The lowest BCUT2D eigenvalue weighted by molar-refractivity contribution is -0.137. The molecule has 0 aliphatic rings. The average molecular weight is 434 g/mol. The zero-order valence-electron chi connectivity index (χ0n) is 15.5. The Morgan fingerprint density at radius 2 is 1.80 bits per heavy atom. The third-order valence-corrected chi connectivity index (χ3v) is 4.14. The summed E-state index contributed by atoms with van der Waals surface area (Å²) in [5.74, 6) is 0.645. The SMILES string of the molecule is OCCNC(=S)Nc1ccccc1Oc1cc(-c2ccc(C(F)(F)F)cc2)ncn1. The Balaban J connectivity index is 1.78. The summed E-state index contributed by atoms with van der Waals surface area (Å²) in [6.07, 6.45) is -3.13. The highest BCUT2D eigenvalue weighted by atomic mass is 32.1. The largest absolute Gasteiger partial charge is 0.437 e. The van der Waals surface area contributed by atoms with Gasteiger partial charge in [0.2, 0.25) is 5.88 Å². The van der Waals surface area contributed by atoms with E-state index in [9.17, 15) is 13.2 Å². The van der Waals surface area contributed by atoms with Crippen LogP contribution in [0.3, 0.4) is 0 Å². The number of benzene rings is 2. The van der Waals surface area contributed by atoms with Crippen LogP contribution < -0.4 is 15.4 Å². The van der Waals surface area contributed by atoms with Crippen LogP contribution in [0, 0.1) is 0 Å². The molecule has 0 unspecified atom stereocenters. The number of hydrogen-bond donors (Lipinski definition) is 3. The Labute approximate surface area is 175 Å². The van der Waals surface area contributed by atoms with Gasteiger partial charge in [0.15, 0.2) is 10.9 Å². The molecule has 0 spiro atoms. The number of para-hydroxylation sites is 2. The zero-order chi connectivity index (χ0) is 21.6. The number of halogens is 3. The Bertz CT molecular complexity index is 1010. The predicted octanol–water partition coefficient (Wildman–Crippen LogP) is 4.23. The van der Waals surface area contributed by atoms with Crippen LogP contribution in [0.15, 0.2) is 60.9 Å². The summed E-state index contributed by atoms with van der Waals surface area (Å²) in [6.45, 7) is 0.241. The summed E-state index contributed by atoms with van der Waals surface area (Å²) in [5.41, 5.74) is 0.750. The van der Waals surface area contributed by atoms with Gasteiger partial charge in [0, 0.05) is 18.2 Å². The molecule has 0 amide bonds. The quantitative estimate of drug-likeness (QED) is 0.501. The number of nitrogens with zero attached hydrogens (tertiary/aromatic N) is 2. The fraction of sp³-hybridized carbons (Fsp3) is 0.150. The molecule has 0 atom stereocenters. The molecule has 0 saturated heterocycles. The van der Waals surface area contributed by atoms with Crippen molar-refractivity contribution >= 4 is 23.0 Å². The van der Waals surface area contributed by atoms with Crippen LogP contribution in [-0.4, -0.2) is 33.3 Å². The Hall–Kier alpha value is -3.24. The summed E-state index contributed by atoms with van der Waals surface area (Å²) in [7, 11) is 0. The van der Waals surface area contributed by atoms with Gasteiger partial charge in [-0.1, -0.05) is 24.3 Å². The minimum absolute atomic E-state index is 0.0619. The molecule has 3 aromatic rings. The van der Waals surface area contributed by atoms with E-state index in [2.05, 4.69) is 20.6 Å². The summed E-state index contributed by atoms with van der Waals surface area (Å²) in [5, 5.41) is 15.0. The van der Waals surface area contributed by atoms with Gasteiger partial charge in [-0.15, -0.1) is 0 Å². The number of thiocarbonyl (C=S) groups is 1. The van der Waals surface area contributed by atoms with E-state index in [1.807, 2.05) is 0 Å². The molecule has 0 radical (unpaired) electrons. The maximum absolute atomic E-state index is 12.7. The number of aliphatic hydroxyl groups is 1. The molecule has 6 nitrogen and oxygen atoms in total. The first kappa shape index (κ1) is 21.5. The average Bonchev–Trinajstić information content (AvgIpc) is 2.73. The van der Waals surface area contributed by atoms with Gasteiger partial charge in [-0.3, -0.25) is 0 Å². The molecule has 3 N–H and O–H groups in total. The number of anilines is 1. The number of hydrogen-bond acceptors (Lipinski definition) is 5. The molecule has 0 fully saturated rings. The second kappa shape index (κ2) is 9.51. The molecule has 30 heavy (non-hydrogen) atoms. The van der Waals surface area contributed by atoms with Gasteiger partial charge in [0.1, 0.15) is 6.33 Å². The maximum atomic E-state index is 12.7. The van der Waals surface area contributed by atoms with Crippen molar-refractivity contribution in [2.75, 3.05) is 18.5 Å². The lowest BCUT2D eigenvalue weighted by Crippen LogP contribution is -2.30. The van der Waals surface area contributed by atoms with Crippen LogP contribution in [0.4, 0.5) is 18.9 Å². The molecule has 0 bridgehead atoms. The van der Waals surface area contributed by atoms with Gasteiger partial charge in [-0.2, -0.15) is 13.2 Å². The van der Waals surface area contributed by atoms with Crippen molar-refractivity contribution in [1.29, 1.82) is 0 Å².